The van der Waals surface area contributed by atoms with E-state index in [1.165, 1.54) is 6.39 Å². The molecule has 1 aromatic carbocycles. The Morgan fingerprint density at radius 3 is 2.96 bits per heavy atom. The number of hydrogen-bond acceptors (Lipinski definition) is 5. The fourth-order valence-corrected chi connectivity index (χ4v) is 3.24. The number of rotatable bonds is 5. The Balaban J connectivity index is 1.77. The maximum atomic E-state index is 12.6. The summed E-state index contributed by atoms with van der Waals surface area (Å²) in [5.74, 6) is 1.30. The molecule has 0 unspecified atom stereocenters. The number of methoxy groups -OCH3 is 1. The number of likely N-dealkylation sites (tertiary alicyclic amines) is 1. The van der Waals surface area contributed by atoms with E-state index in [9.17, 15) is 4.79 Å². The SMILES string of the molecule is COc1cc(NC(=O)[C@@H]2CCCN2C(C)C)ccc1-c1cnco1. The molecule has 0 aliphatic carbocycles. The molecular weight excluding hydrogens is 306 g/mol. The van der Waals surface area contributed by atoms with Gasteiger partial charge in [0.2, 0.25) is 5.91 Å². The highest BCUT2D eigenvalue weighted by Gasteiger charge is 2.32. The van der Waals surface area contributed by atoms with E-state index in [1.807, 2.05) is 18.2 Å². The molecule has 1 aliphatic heterocycles. The lowest BCUT2D eigenvalue weighted by molar-refractivity contribution is -0.120. The van der Waals surface area contributed by atoms with Crippen LogP contribution in [0.2, 0.25) is 0 Å². The summed E-state index contributed by atoms with van der Waals surface area (Å²) < 4.78 is 10.7. The van der Waals surface area contributed by atoms with Gasteiger partial charge in [0.25, 0.3) is 0 Å². The van der Waals surface area contributed by atoms with Gasteiger partial charge in [-0.3, -0.25) is 9.69 Å². The number of nitrogens with zero attached hydrogens (tertiary/aromatic N) is 2. The quantitative estimate of drug-likeness (QED) is 0.912. The van der Waals surface area contributed by atoms with Gasteiger partial charge in [-0.05, 0) is 45.4 Å². The summed E-state index contributed by atoms with van der Waals surface area (Å²) in [4.78, 5) is 18.8. The molecule has 128 valence electrons. The number of amides is 1. The molecule has 24 heavy (non-hydrogen) atoms. The lowest BCUT2D eigenvalue weighted by atomic mass is 10.1. The third kappa shape index (κ3) is 3.28. The highest BCUT2D eigenvalue weighted by Crippen LogP contribution is 2.32. The maximum absolute atomic E-state index is 12.6. The van der Waals surface area contributed by atoms with Crippen molar-refractivity contribution in [3.8, 4) is 17.1 Å². The molecule has 0 spiro atoms. The molecule has 0 bridgehead atoms. The van der Waals surface area contributed by atoms with Gasteiger partial charge in [-0.15, -0.1) is 0 Å². The Kier molecular flexibility index (Phi) is 4.85. The van der Waals surface area contributed by atoms with E-state index in [0.29, 0.717) is 17.6 Å². The minimum Gasteiger partial charge on any atom is -0.496 e. The van der Waals surface area contributed by atoms with Crippen LogP contribution in [0.25, 0.3) is 11.3 Å². The zero-order chi connectivity index (χ0) is 17.1. The van der Waals surface area contributed by atoms with Gasteiger partial charge in [0.15, 0.2) is 12.2 Å². The van der Waals surface area contributed by atoms with Crippen molar-refractivity contribution >= 4 is 11.6 Å². The minimum absolute atomic E-state index is 0.0377. The number of hydrogen-bond donors (Lipinski definition) is 1. The lowest BCUT2D eigenvalue weighted by Crippen LogP contribution is -2.43. The number of carbonyl (C=O) groups is 1. The van der Waals surface area contributed by atoms with Crippen LogP contribution in [0.1, 0.15) is 26.7 Å². The molecule has 1 atom stereocenters. The summed E-state index contributed by atoms with van der Waals surface area (Å²) in [5, 5.41) is 3.01. The van der Waals surface area contributed by atoms with Crippen LogP contribution >= 0.6 is 0 Å². The van der Waals surface area contributed by atoms with E-state index < -0.39 is 0 Å². The normalized spacial score (nSPS) is 18.1. The van der Waals surface area contributed by atoms with Crippen molar-refractivity contribution in [3.05, 3.63) is 30.8 Å². The van der Waals surface area contributed by atoms with Crippen LogP contribution in [0.4, 0.5) is 5.69 Å². The molecule has 2 heterocycles. The Morgan fingerprint density at radius 1 is 1.46 bits per heavy atom. The van der Waals surface area contributed by atoms with Gasteiger partial charge in [-0.2, -0.15) is 0 Å². The number of ether oxygens (including phenoxy) is 1. The molecule has 0 saturated carbocycles. The van der Waals surface area contributed by atoms with Crippen LogP contribution < -0.4 is 10.1 Å². The van der Waals surface area contributed by atoms with Gasteiger partial charge in [0.05, 0.1) is 24.9 Å². The molecule has 1 aromatic heterocycles. The van der Waals surface area contributed by atoms with E-state index in [0.717, 1.165) is 30.6 Å². The molecule has 0 radical (unpaired) electrons. The van der Waals surface area contributed by atoms with Crippen LogP contribution in [0.3, 0.4) is 0 Å². The van der Waals surface area contributed by atoms with Crippen LogP contribution in [0.15, 0.2) is 35.2 Å². The number of anilines is 1. The topological polar surface area (TPSA) is 67.6 Å². The van der Waals surface area contributed by atoms with Crippen molar-refractivity contribution in [2.75, 3.05) is 19.0 Å². The third-order valence-corrected chi connectivity index (χ3v) is 4.43. The molecule has 1 N–H and O–H groups in total. The molecule has 2 aromatic rings. The first-order valence-electron chi connectivity index (χ1n) is 8.23. The van der Waals surface area contributed by atoms with E-state index in [-0.39, 0.29) is 11.9 Å². The number of nitrogens with one attached hydrogen (secondary N) is 1. The van der Waals surface area contributed by atoms with Crippen LogP contribution in [-0.2, 0) is 4.79 Å². The largest absolute Gasteiger partial charge is 0.496 e. The Morgan fingerprint density at radius 2 is 2.29 bits per heavy atom. The maximum Gasteiger partial charge on any atom is 0.241 e. The average Bonchev–Trinajstić information content (AvgIpc) is 3.26. The summed E-state index contributed by atoms with van der Waals surface area (Å²) >= 11 is 0. The van der Waals surface area contributed by atoms with Crippen molar-refractivity contribution in [2.45, 2.75) is 38.8 Å². The van der Waals surface area contributed by atoms with Crippen molar-refractivity contribution in [1.29, 1.82) is 0 Å². The molecular formula is C18H23N3O3. The Labute approximate surface area is 141 Å². The van der Waals surface area contributed by atoms with Crippen molar-refractivity contribution in [2.24, 2.45) is 0 Å². The predicted molar refractivity (Wildman–Crippen MR) is 92.0 cm³/mol. The highest BCUT2D eigenvalue weighted by molar-refractivity contribution is 5.95. The first kappa shape index (κ1) is 16.5. The van der Waals surface area contributed by atoms with Crippen molar-refractivity contribution in [1.82, 2.24) is 9.88 Å². The zero-order valence-electron chi connectivity index (χ0n) is 14.3. The van der Waals surface area contributed by atoms with Gasteiger partial charge in [0.1, 0.15) is 5.75 Å². The third-order valence-electron chi connectivity index (χ3n) is 4.43. The number of aromatic nitrogens is 1. The summed E-state index contributed by atoms with van der Waals surface area (Å²) in [6.45, 7) is 5.23. The summed E-state index contributed by atoms with van der Waals surface area (Å²) in [7, 11) is 1.60. The number of benzene rings is 1. The van der Waals surface area contributed by atoms with Gasteiger partial charge < -0.3 is 14.5 Å². The second-order valence-electron chi connectivity index (χ2n) is 6.26. The van der Waals surface area contributed by atoms with E-state index >= 15 is 0 Å². The first-order chi connectivity index (χ1) is 11.6. The van der Waals surface area contributed by atoms with Gasteiger partial charge in [0, 0.05) is 17.8 Å². The van der Waals surface area contributed by atoms with Crippen LogP contribution in [-0.4, -0.2) is 41.5 Å². The van der Waals surface area contributed by atoms with E-state index in [2.05, 4.69) is 29.0 Å². The Bertz CT molecular complexity index is 698. The molecule has 3 rings (SSSR count). The minimum atomic E-state index is -0.0649. The average molecular weight is 329 g/mol. The number of oxazole rings is 1. The zero-order valence-corrected chi connectivity index (χ0v) is 14.3. The van der Waals surface area contributed by atoms with Crippen molar-refractivity contribution in [3.63, 3.8) is 0 Å². The van der Waals surface area contributed by atoms with Gasteiger partial charge >= 0.3 is 0 Å². The smallest absolute Gasteiger partial charge is 0.241 e. The summed E-state index contributed by atoms with van der Waals surface area (Å²) in [6.07, 6.45) is 4.97. The number of carbonyl (C=O) groups excluding carboxylic acids is 1. The Hall–Kier alpha value is -2.34. The molecule has 1 fully saturated rings. The fraction of sp³-hybridized carbons (Fsp3) is 0.444. The van der Waals surface area contributed by atoms with E-state index in [1.54, 1.807) is 13.3 Å². The first-order valence-corrected chi connectivity index (χ1v) is 8.23. The summed E-state index contributed by atoms with van der Waals surface area (Å²) in [6, 6.07) is 5.83. The van der Waals surface area contributed by atoms with Crippen molar-refractivity contribution < 1.29 is 13.9 Å². The highest BCUT2D eigenvalue weighted by atomic mass is 16.5. The molecule has 1 aliphatic rings. The summed E-state index contributed by atoms with van der Waals surface area (Å²) in [5.41, 5.74) is 1.52. The van der Waals surface area contributed by atoms with Gasteiger partial charge in [-0.25, -0.2) is 4.98 Å². The molecule has 1 saturated heterocycles. The lowest BCUT2D eigenvalue weighted by Gasteiger charge is -2.27. The predicted octanol–water partition coefficient (Wildman–Crippen LogP) is 3.16. The standard InChI is InChI=1S/C18H23N3O3/c1-12(2)21-8-4-5-15(21)18(22)20-13-6-7-14(16(9-13)23-3)17-10-19-11-24-17/h6-7,9-12,15H,4-5,8H2,1-3H3,(H,20,22)/t15-/m0/s1. The molecule has 1 amide bonds. The molecule has 6 nitrogen and oxygen atoms in total. The second kappa shape index (κ2) is 7.05. The van der Waals surface area contributed by atoms with E-state index in [4.69, 9.17) is 9.15 Å². The molecule has 6 heteroatoms. The second-order valence-corrected chi connectivity index (χ2v) is 6.26. The van der Waals surface area contributed by atoms with Gasteiger partial charge in [-0.1, -0.05) is 0 Å². The fourth-order valence-electron chi connectivity index (χ4n) is 3.24. The van der Waals surface area contributed by atoms with Crippen LogP contribution in [0, 0.1) is 0 Å². The van der Waals surface area contributed by atoms with Crippen LogP contribution in [0.5, 0.6) is 5.75 Å². The monoisotopic (exact) mass is 329 g/mol.